The second-order valence-electron chi connectivity index (χ2n) is 5.42. The van der Waals surface area contributed by atoms with Crippen LogP contribution in [0.2, 0.25) is 0 Å². The van der Waals surface area contributed by atoms with E-state index in [1.54, 1.807) is 7.05 Å². The predicted molar refractivity (Wildman–Crippen MR) is 80.8 cm³/mol. The van der Waals surface area contributed by atoms with Gasteiger partial charge in [0.1, 0.15) is 4.88 Å². The Morgan fingerprint density at radius 1 is 1.50 bits per heavy atom. The number of nitrogens with zero attached hydrogens (tertiary/aromatic N) is 3. The number of likely N-dealkylation sites (tertiary alicyclic amines) is 1. The molecule has 0 saturated carbocycles. The Kier molecular flexibility index (Phi) is 5.12. The zero-order chi connectivity index (χ0) is 16.3. The number of hydrogen-bond donors (Lipinski definition) is 1. The quantitative estimate of drug-likeness (QED) is 0.886. The number of hydrogen-bond acceptors (Lipinski definition) is 5. The summed E-state index contributed by atoms with van der Waals surface area (Å²) in [6.45, 7) is 2.52. The van der Waals surface area contributed by atoms with Crippen molar-refractivity contribution in [3.05, 3.63) is 16.1 Å². The molecule has 2 heterocycles. The molecule has 1 aliphatic heterocycles. The van der Waals surface area contributed by atoms with Crippen molar-refractivity contribution < 1.29 is 19.5 Å². The van der Waals surface area contributed by atoms with Crippen molar-refractivity contribution in [1.29, 1.82) is 0 Å². The van der Waals surface area contributed by atoms with E-state index in [9.17, 15) is 14.4 Å². The fraction of sp³-hybridized carbons (Fsp3) is 0.571. The van der Waals surface area contributed by atoms with Crippen LogP contribution < -0.4 is 0 Å². The van der Waals surface area contributed by atoms with Crippen molar-refractivity contribution >= 4 is 29.1 Å². The summed E-state index contributed by atoms with van der Waals surface area (Å²) in [6, 6.07) is 0. The summed E-state index contributed by atoms with van der Waals surface area (Å²) in [6.07, 6.45) is 2.77. The number of likely N-dealkylation sites (N-methyl/N-ethyl adjacent to an activating group) is 1. The molecule has 22 heavy (non-hydrogen) atoms. The van der Waals surface area contributed by atoms with E-state index in [4.69, 9.17) is 5.11 Å². The highest BCUT2D eigenvalue weighted by atomic mass is 32.1. The molecule has 7 nitrogen and oxygen atoms in total. The van der Waals surface area contributed by atoms with Crippen LogP contribution in [0.1, 0.15) is 27.5 Å². The molecule has 0 radical (unpaired) electrons. The maximum atomic E-state index is 12.2. The number of amides is 2. The molecule has 1 aromatic rings. The van der Waals surface area contributed by atoms with Crippen molar-refractivity contribution in [2.24, 2.45) is 5.92 Å². The maximum Gasteiger partial charge on any atom is 0.308 e. The highest BCUT2D eigenvalue weighted by Crippen LogP contribution is 2.17. The van der Waals surface area contributed by atoms with Crippen molar-refractivity contribution in [2.45, 2.75) is 19.8 Å². The lowest BCUT2D eigenvalue weighted by Gasteiger charge is -2.31. The van der Waals surface area contributed by atoms with Gasteiger partial charge in [-0.1, -0.05) is 0 Å². The van der Waals surface area contributed by atoms with Crippen LogP contribution in [0, 0.1) is 12.8 Å². The monoisotopic (exact) mass is 325 g/mol. The summed E-state index contributed by atoms with van der Waals surface area (Å²) in [7, 11) is 1.56. The lowest BCUT2D eigenvalue weighted by Crippen LogP contribution is -2.46. The van der Waals surface area contributed by atoms with Crippen molar-refractivity contribution in [3.63, 3.8) is 0 Å². The van der Waals surface area contributed by atoms with Crippen LogP contribution >= 0.6 is 11.3 Å². The number of thiazole rings is 1. The minimum Gasteiger partial charge on any atom is -0.481 e. The molecule has 2 rings (SSSR count). The van der Waals surface area contributed by atoms with Gasteiger partial charge in [0.25, 0.3) is 5.91 Å². The number of carboxylic acid groups (broad SMARTS) is 1. The lowest BCUT2D eigenvalue weighted by atomic mass is 9.98. The Labute approximate surface area is 132 Å². The average Bonchev–Trinajstić information content (AvgIpc) is 2.93. The van der Waals surface area contributed by atoms with Gasteiger partial charge in [-0.15, -0.1) is 11.3 Å². The fourth-order valence-electron chi connectivity index (χ4n) is 2.43. The van der Waals surface area contributed by atoms with E-state index in [0.717, 1.165) is 5.01 Å². The minimum absolute atomic E-state index is 0.0535. The Balaban J connectivity index is 1.93. The number of carboxylic acids is 1. The van der Waals surface area contributed by atoms with Crippen LogP contribution in [-0.4, -0.2) is 64.4 Å². The number of rotatable bonds is 4. The SMILES string of the molecule is Cc1ncc(C(=O)N(C)CC(=O)N2CCCC(C(=O)O)C2)s1. The van der Waals surface area contributed by atoms with E-state index in [2.05, 4.69) is 4.98 Å². The van der Waals surface area contributed by atoms with E-state index in [-0.39, 0.29) is 24.9 Å². The molecule has 0 aliphatic carbocycles. The van der Waals surface area contributed by atoms with E-state index < -0.39 is 11.9 Å². The number of carbonyl (C=O) groups excluding carboxylic acids is 2. The summed E-state index contributed by atoms with van der Waals surface area (Å²) in [5, 5.41) is 9.85. The van der Waals surface area contributed by atoms with Crippen LogP contribution in [-0.2, 0) is 9.59 Å². The highest BCUT2D eigenvalue weighted by molar-refractivity contribution is 7.13. The molecule has 120 valence electrons. The minimum atomic E-state index is -0.873. The third kappa shape index (κ3) is 3.82. The van der Waals surface area contributed by atoms with Gasteiger partial charge in [0.2, 0.25) is 5.91 Å². The third-order valence-electron chi connectivity index (χ3n) is 3.67. The highest BCUT2D eigenvalue weighted by Gasteiger charge is 2.29. The molecular weight excluding hydrogens is 306 g/mol. The van der Waals surface area contributed by atoms with Gasteiger partial charge in [-0.05, 0) is 19.8 Å². The molecule has 2 amide bonds. The fourth-order valence-corrected chi connectivity index (χ4v) is 3.20. The summed E-state index contributed by atoms with van der Waals surface area (Å²) >= 11 is 1.29. The number of carbonyl (C=O) groups is 3. The van der Waals surface area contributed by atoms with Gasteiger partial charge < -0.3 is 14.9 Å². The second kappa shape index (κ2) is 6.87. The first-order valence-corrected chi connectivity index (χ1v) is 7.88. The summed E-state index contributed by atoms with van der Waals surface area (Å²) in [5.74, 6) is -1.85. The Morgan fingerprint density at radius 3 is 2.82 bits per heavy atom. The summed E-state index contributed by atoms with van der Waals surface area (Å²) in [5.41, 5.74) is 0. The standard InChI is InChI=1S/C14H19N3O4S/c1-9-15-6-11(22-9)13(19)16(2)8-12(18)17-5-3-4-10(7-17)14(20)21/h6,10H,3-5,7-8H2,1-2H3,(H,20,21). The topological polar surface area (TPSA) is 90.8 Å². The predicted octanol–water partition coefficient (Wildman–Crippen LogP) is 0.847. The maximum absolute atomic E-state index is 12.2. The molecule has 8 heteroatoms. The van der Waals surface area contributed by atoms with E-state index >= 15 is 0 Å². The number of aliphatic carboxylic acids is 1. The zero-order valence-corrected chi connectivity index (χ0v) is 13.4. The lowest BCUT2D eigenvalue weighted by molar-refractivity contribution is -0.145. The Hall–Kier alpha value is -1.96. The van der Waals surface area contributed by atoms with Gasteiger partial charge in [0, 0.05) is 20.1 Å². The zero-order valence-electron chi connectivity index (χ0n) is 12.6. The Morgan fingerprint density at radius 2 is 2.23 bits per heavy atom. The van der Waals surface area contributed by atoms with Crippen LogP contribution in [0.15, 0.2) is 6.20 Å². The largest absolute Gasteiger partial charge is 0.481 e. The van der Waals surface area contributed by atoms with Crippen LogP contribution in [0.4, 0.5) is 0 Å². The normalized spacial score (nSPS) is 18.1. The molecule has 1 unspecified atom stereocenters. The molecule has 1 fully saturated rings. The van der Waals surface area contributed by atoms with Crippen LogP contribution in [0.3, 0.4) is 0 Å². The molecule has 1 N–H and O–H groups in total. The average molecular weight is 325 g/mol. The summed E-state index contributed by atoms with van der Waals surface area (Å²) < 4.78 is 0. The molecular formula is C14H19N3O4S. The van der Waals surface area contributed by atoms with E-state index in [0.29, 0.717) is 24.3 Å². The van der Waals surface area contributed by atoms with Gasteiger partial charge in [0.05, 0.1) is 23.7 Å². The van der Waals surface area contributed by atoms with Gasteiger partial charge in [-0.2, -0.15) is 0 Å². The second-order valence-corrected chi connectivity index (χ2v) is 6.66. The van der Waals surface area contributed by atoms with Crippen LogP contribution in [0.5, 0.6) is 0 Å². The van der Waals surface area contributed by atoms with E-state index in [1.807, 2.05) is 6.92 Å². The first-order chi connectivity index (χ1) is 10.4. The molecule has 0 aromatic carbocycles. The number of aryl methyl sites for hydroxylation is 1. The molecule has 1 aromatic heterocycles. The van der Waals surface area contributed by atoms with Crippen molar-refractivity contribution in [3.8, 4) is 0 Å². The number of aromatic nitrogens is 1. The van der Waals surface area contributed by atoms with E-state index in [1.165, 1.54) is 27.3 Å². The Bertz CT molecular complexity index is 586. The molecule has 0 spiro atoms. The van der Waals surface area contributed by atoms with Crippen LogP contribution in [0.25, 0.3) is 0 Å². The van der Waals surface area contributed by atoms with Gasteiger partial charge in [0.15, 0.2) is 0 Å². The number of piperidine rings is 1. The smallest absolute Gasteiger partial charge is 0.308 e. The first kappa shape index (κ1) is 16.4. The summed E-state index contributed by atoms with van der Waals surface area (Å²) in [4.78, 5) is 42.9. The van der Waals surface area contributed by atoms with Gasteiger partial charge >= 0.3 is 5.97 Å². The molecule has 1 saturated heterocycles. The molecule has 1 aliphatic rings. The molecule has 0 bridgehead atoms. The van der Waals surface area contributed by atoms with Crippen molar-refractivity contribution in [1.82, 2.24) is 14.8 Å². The van der Waals surface area contributed by atoms with Crippen molar-refractivity contribution in [2.75, 3.05) is 26.7 Å². The third-order valence-corrected chi connectivity index (χ3v) is 4.58. The van der Waals surface area contributed by atoms with Gasteiger partial charge in [-0.3, -0.25) is 14.4 Å². The first-order valence-electron chi connectivity index (χ1n) is 7.07. The van der Waals surface area contributed by atoms with Gasteiger partial charge in [-0.25, -0.2) is 4.98 Å². The molecule has 1 atom stereocenters.